The van der Waals surface area contributed by atoms with E-state index in [1.165, 1.54) is 0 Å². The fraction of sp³-hybridized carbons (Fsp3) is 0.800. The maximum absolute atomic E-state index is 11.6. The van der Waals surface area contributed by atoms with Crippen LogP contribution in [0.1, 0.15) is 20.8 Å². The van der Waals surface area contributed by atoms with Gasteiger partial charge in [-0.2, -0.15) is 0 Å². The Morgan fingerprint density at radius 3 is 2.23 bits per heavy atom. The standard InChI is InChI=1S/C10H21NOP/c1-8(2)10(12)9(3)11(4)7-13(5)6/h8-9H,5,7H2,1-4,6H3/q+1. The third-order valence-corrected chi connectivity index (χ3v) is 3.04. The van der Waals surface area contributed by atoms with Crippen LogP contribution in [0.25, 0.3) is 0 Å². The third-order valence-electron chi connectivity index (χ3n) is 2.11. The van der Waals surface area contributed by atoms with Crippen molar-refractivity contribution in [2.24, 2.45) is 5.92 Å². The zero-order valence-electron chi connectivity index (χ0n) is 9.37. The van der Waals surface area contributed by atoms with E-state index in [2.05, 4.69) is 17.9 Å². The second-order valence-corrected chi connectivity index (χ2v) is 5.98. The number of rotatable bonds is 5. The van der Waals surface area contributed by atoms with Gasteiger partial charge in [0.05, 0.1) is 26.6 Å². The van der Waals surface area contributed by atoms with Crippen molar-refractivity contribution in [3.63, 3.8) is 0 Å². The summed E-state index contributed by atoms with van der Waals surface area (Å²) in [5.41, 5.74) is 0. The SMILES string of the molecule is C=[P+](C)CN(C)C(C)C(=O)C(C)C. The van der Waals surface area contributed by atoms with E-state index in [1.54, 1.807) is 0 Å². The van der Waals surface area contributed by atoms with Gasteiger partial charge in [0.25, 0.3) is 0 Å². The van der Waals surface area contributed by atoms with Gasteiger partial charge in [0.2, 0.25) is 0 Å². The lowest BCUT2D eigenvalue weighted by Gasteiger charge is -2.21. The van der Waals surface area contributed by atoms with Gasteiger partial charge in [-0.25, -0.2) is 0 Å². The van der Waals surface area contributed by atoms with E-state index in [0.717, 1.165) is 6.29 Å². The average molecular weight is 202 g/mol. The monoisotopic (exact) mass is 202 g/mol. The molecule has 0 radical (unpaired) electrons. The molecule has 0 heterocycles. The summed E-state index contributed by atoms with van der Waals surface area (Å²) in [4.78, 5) is 13.7. The van der Waals surface area contributed by atoms with E-state index in [4.69, 9.17) is 0 Å². The van der Waals surface area contributed by atoms with E-state index >= 15 is 0 Å². The lowest BCUT2D eigenvalue weighted by atomic mass is 10.0. The van der Waals surface area contributed by atoms with Gasteiger partial charge in [-0.1, -0.05) is 13.8 Å². The molecule has 0 amide bonds. The highest BCUT2D eigenvalue weighted by Gasteiger charge is 2.22. The summed E-state index contributed by atoms with van der Waals surface area (Å²) in [6.45, 7) is 8.00. The predicted molar refractivity (Wildman–Crippen MR) is 61.9 cm³/mol. The molecule has 13 heavy (non-hydrogen) atoms. The van der Waals surface area contributed by atoms with Gasteiger partial charge in [-0.15, -0.1) is 0 Å². The lowest BCUT2D eigenvalue weighted by Crippen LogP contribution is -2.37. The molecule has 0 aliphatic rings. The highest BCUT2D eigenvalue weighted by molar-refractivity contribution is 7.54. The molecule has 0 aliphatic carbocycles. The third kappa shape index (κ3) is 4.54. The molecule has 0 rings (SSSR count). The number of likely N-dealkylation sites (N-methyl/N-ethyl adjacent to an activating group) is 1. The molecule has 76 valence electrons. The summed E-state index contributed by atoms with van der Waals surface area (Å²) < 4.78 is 0. The Kier molecular flexibility index (Phi) is 5.43. The van der Waals surface area contributed by atoms with Gasteiger partial charge >= 0.3 is 0 Å². The first-order valence-electron chi connectivity index (χ1n) is 4.61. The van der Waals surface area contributed by atoms with E-state index in [-0.39, 0.29) is 19.5 Å². The van der Waals surface area contributed by atoms with Crippen molar-refractivity contribution in [2.45, 2.75) is 26.8 Å². The van der Waals surface area contributed by atoms with Crippen molar-refractivity contribution in [2.75, 3.05) is 20.0 Å². The summed E-state index contributed by atoms with van der Waals surface area (Å²) >= 11 is 0. The topological polar surface area (TPSA) is 20.3 Å². The summed E-state index contributed by atoms with van der Waals surface area (Å²) in [6.07, 6.45) is 4.92. The Balaban J connectivity index is 4.17. The fourth-order valence-electron chi connectivity index (χ4n) is 1.20. The summed E-state index contributed by atoms with van der Waals surface area (Å²) in [5, 5.41) is 0. The van der Waals surface area contributed by atoms with Crippen molar-refractivity contribution in [3.8, 4) is 0 Å². The maximum Gasteiger partial charge on any atom is 0.159 e. The van der Waals surface area contributed by atoms with Gasteiger partial charge in [-0.3, -0.25) is 9.69 Å². The number of Topliss-reactive ketones (excluding diaryl/α,β-unsaturated/α-hetero) is 1. The van der Waals surface area contributed by atoms with E-state index in [9.17, 15) is 4.79 Å². The quantitative estimate of drug-likeness (QED) is 0.636. The minimum Gasteiger partial charge on any atom is -0.298 e. The Labute approximate surface area is 82.7 Å². The molecule has 0 aromatic rings. The number of carbonyl (C=O) groups excluding carboxylic acids is 1. The minimum atomic E-state index is -0.193. The highest BCUT2D eigenvalue weighted by atomic mass is 31.1. The maximum atomic E-state index is 11.6. The summed E-state index contributed by atoms with van der Waals surface area (Å²) in [6, 6.07) is 0.0340. The zero-order valence-corrected chi connectivity index (χ0v) is 10.3. The van der Waals surface area contributed by atoms with Crippen molar-refractivity contribution in [3.05, 3.63) is 0 Å². The van der Waals surface area contributed by atoms with Crippen molar-refractivity contribution < 1.29 is 4.79 Å². The van der Waals surface area contributed by atoms with Crippen molar-refractivity contribution in [1.82, 2.24) is 4.90 Å². The first kappa shape index (κ1) is 12.8. The molecule has 2 unspecified atom stereocenters. The van der Waals surface area contributed by atoms with Crippen LogP contribution in [-0.4, -0.2) is 43.0 Å². The van der Waals surface area contributed by atoms with Crippen LogP contribution in [0.2, 0.25) is 0 Å². The Morgan fingerprint density at radius 2 is 1.92 bits per heavy atom. The first-order valence-corrected chi connectivity index (χ1v) is 6.77. The van der Waals surface area contributed by atoms with Crippen LogP contribution in [0.5, 0.6) is 0 Å². The zero-order chi connectivity index (χ0) is 10.6. The second kappa shape index (κ2) is 5.51. The molecular formula is C10H21NOP+. The molecule has 0 N–H and O–H groups in total. The average Bonchev–Trinajstić information content (AvgIpc) is 2.00. The first-order chi connectivity index (χ1) is 5.86. The smallest absolute Gasteiger partial charge is 0.159 e. The molecule has 3 heteroatoms. The molecule has 0 aliphatic heterocycles. The number of hydrogen-bond acceptors (Lipinski definition) is 2. The molecular weight excluding hydrogens is 181 g/mol. The summed E-state index contributed by atoms with van der Waals surface area (Å²) in [7, 11) is 1.80. The van der Waals surface area contributed by atoms with Gasteiger partial charge in [0.15, 0.2) is 12.1 Å². The number of nitrogens with zero attached hydrogens (tertiary/aromatic N) is 1. The van der Waals surface area contributed by atoms with Gasteiger partial charge in [-0.05, 0) is 14.0 Å². The fourth-order valence-corrected chi connectivity index (χ4v) is 2.21. The largest absolute Gasteiger partial charge is 0.298 e. The number of hydrogen-bond donors (Lipinski definition) is 0. The van der Waals surface area contributed by atoms with Crippen molar-refractivity contribution in [1.29, 1.82) is 0 Å². The Morgan fingerprint density at radius 1 is 1.46 bits per heavy atom. The van der Waals surface area contributed by atoms with Gasteiger partial charge in [0.1, 0.15) is 0 Å². The summed E-state index contributed by atoms with van der Waals surface area (Å²) in [5.74, 6) is 0.449. The van der Waals surface area contributed by atoms with E-state index in [0.29, 0.717) is 5.78 Å². The molecule has 2 nitrogen and oxygen atoms in total. The molecule has 0 saturated carbocycles. The number of carbonyl (C=O) groups is 1. The van der Waals surface area contributed by atoms with E-state index < -0.39 is 0 Å². The normalized spacial score (nSPS) is 14.8. The molecule has 2 atom stereocenters. The van der Waals surface area contributed by atoms with Crippen LogP contribution in [0.4, 0.5) is 0 Å². The highest BCUT2D eigenvalue weighted by Crippen LogP contribution is 2.16. The van der Waals surface area contributed by atoms with E-state index in [1.807, 2.05) is 27.8 Å². The van der Waals surface area contributed by atoms with Crippen LogP contribution in [-0.2, 0) is 4.79 Å². The van der Waals surface area contributed by atoms with Crippen LogP contribution in [0.3, 0.4) is 0 Å². The molecule has 0 aromatic heterocycles. The molecule has 0 bridgehead atoms. The van der Waals surface area contributed by atoms with Gasteiger partial charge in [0, 0.05) is 5.92 Å². The van der Waals surface area contributed by atoms with Crippen LogP contribution < -0.4 is 0 Å². The molecule has 0 fully saturated rings. The number of ketones is 1. The van der Waals surface area contributed by atoms with Gasteiger partial charge < -0.3 is 0 Å². The Bertz CT molecular complexity index is 201. The minimum absolute atomic E-state index is 0.0340. The molecule has 0 saturated heterocycles. The van der Waals surface area contributed by atoms with Crippen LogP contribution >= 0.6 is 7.55 Å². The molecule has 0 aromatic carbocycles. The second-order valence-electron chi connectivity index (χ2n) is 3.99. The lowest BCUT2D eigenvalue weighted by molar-refractivity contribution is -0.125. The molecule has 0 spiro atoms. The van der Waals surface area contributed by atoms with Crippen LogP contribution in [0.15, 0.2) is 0 Å². The van der Waals surface area contributed by atoms with Crippen molar-refractivity contribution >= 4 is 19.6 Å². The Hall–Kier alpha value is -0.200. The van der Waals surface area contributed by atoms with Crippen LogP contribution in [0, 0.1) is 5.92 Å². The predicted octanol–water partition coefficient (Wildman–Crippen LogP) is 2.03.